The fourth-order valence-electron chi connectivity index (χ4n) is 4.37. The van der Waals surface area contributed by atoms with Crippen molar-refractivity contribution < 1.29 is 24.2 Å². The van der Waals surface area contributed by atoms with Gasteiger partial charge in [0.05, 0.1) is 6.61 Å². The number of carbonyl (C=O) groups is 3. The van der Waals surface area contributed by atoms with Crippen molar-refractivity contribution in [3.8, 4) is 0 Å². The predicted molar refractivity (Wildman–Crippen MR) is 142 cm³/mol. The second-order valence-electron chi connectivity index (χ2n) is 10.6. The number of alkyl carbamates (subject to hydrolysis) is 1. The van der Waals surface area contributed by atoms with Crippen LogP contribution in [-0.2, 0) is 20.9 Å². The molecule has 1 aliphatic carbocycles. The van der Waals surface area contributed by atoms with Gasteiger partial charge in [0.2, 0.25) is 11.8 Å². The van der Waals surface area contributed by atoms with Crippen LogP contribution >= 0.6 is 0 Å². The number of rotatable bonds is 9. The molecule has 0 aliphatic heterocycles. The van der Waals surface area contributed by atoms with Gasteiger partial charge in [-0.3, -0.25) is 9.59 Å². The Bertz CT molecular complexity index is 1090. The molecule has 3 amide bonds. The molecule has 3 rings (SSSR count). The van der Waals surface area contributed by atoms with E-state index in [4.69, 9.17) is 4.74 Å². The maximum absolute atomic E-state index is 13.9. The Morgan fingerprint density at radius 3 is 2.30 bits per heavy atom. The number of nitrogens with one attached hydrogen (secondary N) is 2. The van der Waals surface area contributed by atoms with Crippen molar-refractivity contribution in [3.05, 3.63) is 70.8 Å². The van der Waals surface area contributed by atoms with Crippen LogP contribution < -0.4 is 10.6 Å². The SMILES string of the molecule is Cc1cccc(C(C(=O)NCc2ccccc2)N(C(=O)C(CO)NC(=O)OC(C)(C)C)C2CCC2)c1C. The molecule has 0 aromatic heterocycles. The van der Waals surface area contributed by atoms with Gasteiger partial charge in [0, 0.05) is 12.6 Å². The summed E-state index contributed by atoms with van der Waals surface area (Å²) < 4.78 is 5.30. The summed E-state index contributed by atoms with van der Waals surface area (Å²) in [7, 11) is 0. The summed E-state index contributed by atoms with van der Waals surface area (Å²) in [5.74, 6) is -0.828. The number of benzene rings is 2. The van der Waals surface area contributed by atoms with Gasteiger partial charge in [0.25, 0.3) is 0 Å². The first kappa shape index (κ1) is 28.2. The number of hydrogen-bond donors (Lipinski definition) is 3. The molecule has 1 saturated carbocycles. The molecule has 200 valence electrons. The number of amides is 3. The third-order valence-electron chi connectivity index (χ3n) is 6.67. The van der Waals surface area contributed by atoms with E-state index in [1.54, 1.807) is 25.7 Å². The Hall–Kier alpha value is -3.39. The van der Waals surface area contributed by atoms with E-state index in [0.29, 0.717) is 6.54 Å². The van der Waals surface area contributed by atoms with Gasteiger partial charge in [-0.1, -0.05) is 48.5 Å². The Balaban J connectivity index is 1.96. The van der Waals surface area contributed by atoms with Crippen LogP contribution in [0.2, 0.25) is 0 Å². The van der Waals surface area contributed by atoms with Crippen molar-refractivity contribution >= 4 is 17.9 Å². The first-order valence-corrected chi connectivity index (χ1v) is 12.8. The van der Waals surface area contributed by atoms with Crippen LogP contribution in [-0.4, -0.2) is 52.2 Å². The lowest BCUT2D eigenvalue weighted by molar-refractivity contribution is -0.148. The fraction of sp³-hybridized carbons (Fsp3) is 0.483. The van der Waals surface area contributed by atoms with E-state index in [-0.39, 0.29) is 11.9 Å². The van der Waals surface area contributed by atoms with Crippen LogP contribution in [0.15, 0.2) is 48.5 Å². The summed E-state index contributed by atoms with van der Waals surface area (Å²) in [5.41, 5.74) is 2.82. The monoisotopic (exact) mass is 509 g/mol. The second kappa shape index (κ2) is 12.2. The number of carbonyl (C=O) groups excluding carboxylic acids is 3. The van der Waals surface area contributed by atoms with E-state index in [0.717, 1.165) is 41.5 Å². The lowest BCUT2D eigenvalue weighted by Gasteiger charge is -2.43. The molecule has 2 aromatic rings. The number of ether oxygens (including phenoxy) is 1. The maximum atomic E-state index is 13.9. The molecule has 0 heterocycles. The Labute approximate surface area is 219 Å². The summed E-state index contributed by atoms with van der Waals surface area (Å²) in [6, 6.07) is 12.9. The zero-order valence-corrected chi connectivity index (χ0v) is 22.4. The van der Waals surface area contributed by atoms with E-state index in [1.165, 1.54) is 0 Å². The minimum Gasteiger partial charge on any atom is -0.444 e. The van der Waals surface area contributed by atoms with Crippen molar-refractivity contribution in [2.75, 3.05) is 6.61 Å². The molecular weight excluding hydrogens is 470 g/mol. The molecule has 2 atom stereocenters. The summed E-state index contributed by atoms with van der Waals surface area (Å²) in [6.07, 6.45) is 1.61. The van der Waals surface area contributed by atoms with Crippen LogP contribution in [0.3, 0.4) is 0 Å². The zero-order valence-electron chi connectivity index (χ0n) is 22.4. The first-order valence-electron chi connectivity index (χ1n) is 12.8. The maximum Gasteiger partial charge on any atom is 0.408 e. The van der Waals surface area contributed by atoms with Gasteiger partial charge in [0.15, 0.2) is 0 Å². The molecule has 2 aromatic carbocycles. The molecule has 0 radical (unpaired) electrons. The first-order chi connectivity index (χ1) is 17.5. The van der Waals surface area contributed by atoms with Crippen LogP contribution in [0.4, 0.5) is 4.79 Å². The highest BCUT2D eigenvalue weighted by Gasteiger charge is 2.42. The largest absolute Gasteiger partial charge is 0.444 e. The molecular formula is C29H39N3O5. The molecule has 37 heavy (non-hydrogen) atoms. The van der Waals surface area contributed by atoms with Crippen molar-refractivity contribution in [1.82, 2.24) is 15.5 Å². The molecule has 0 spiro atoms. The van der Waals surface area contributed by atoms with E-state index < -0.39 is 36.3 Å². The Morgan fingerprint density at radius 2 is 1.73 bits per heavy atom. The third kappa shape index (κ3) is 7.32. The average molecular weight is 510 g/mol. The number of aliphatic hydroxyl groups excluding tert-OH is 1. The van der Waals surface area contributed by atoms with Gasteiger partial charge < -0.3 is 25.4 Å². The van der Waals surface area contributed by atoms with E-state index in [2.05, 4.69) is 10.6 Å². The number of aliphatic hydroxyl groups is 1. The molecule has 3 N–H and O–H groups in total. The molecule has 8 heteroatoms. The lowest BCUT2D eigenvalue weighted by atomic mass is 9.86. The van der Waals surface area contributed by atoms with Gasteiger partial charge in [-0.05, 0) is 76.1 Å². The van der Waals surface area contributed by atoms with Crippen LogP contribution in [0.25, 0.3) is 0 Å². The Morgan fingerprint density at radius 1 is 1.05 bits per heavy atom. The van der Waals surface area contributed by atoms with Crippen molar-refractivity contribution in [1.29, 1.82) is 0 Å². The lowest BCUT2D eigenvalue weighted by Crippen LogP contribution is -2.58. The van der Waals surface area contributed by atoms with E-state index in [1.807, 2.05) is 62.4 Å². The summed E-state index contributed by atoms with van der Waals surface area (Å²) in [6.45, 7) is 8.76. The van der Waals surface area contributed by atoms with E-state index in [9.17, 15) is 19.5 Å². The number of nitrogens with zero attached hydrogens (tertiary/aromatic N) is 1. The third-order valence-corrected chi connectivity index (χ3v) is 6.67. The standard InChI is InChI=1S/C29H39N3O5/c1-19-11-9-16-23(20(19)2)25(26(34)30-17-21-12-7-6-8-13-21)32(22-14-10-15-22)27(35)24(18-33)31-28(36)37-29(3,4)5/h6-9,11-13,16,22,24-25,33H,10,14-15,17-18H2,1-5H3,(H,30,34)(H,31,36). The minimum absolute atomic E-state index is 0.186. The molecule has 2 unspecified atom stereocenters. The van der Waals surface area contributed by atoms with Gasteiger partial charge in [-0.15, -0.1) is 0 Å². The van der Waals surface area contributed by atoms with Gasteiger partial charge in [0.1, 0.15) is 17.7 Å². The molecule has 1 aliphatic rings. The molecule has 8 nitrogen and oxygen atoms in total. The fourth-order valence-corrected chi connectivity index (χ4v) is 4.37. The summed E-state index contributed by atoms with van der Waals surface area (Å²) in [4.78, 5) is 41.7. The smallest absolute Gasteiger partial charge is 0.408 e. The number of hydrogen-bond acceptors (Lipinski definition) is 5. The van der Waals surface area contributed by atoms with Crippen LogP contribution in [0.1, 0.15) is 68.3 Å². The second-order valence-corrected chi connectivity index (χ2v) is 10.6. The van der Waals surface area contributed by atoms with Crippen LogP contribution in [0.5, 0.6) is 0 Å². The molecule has 0 bridgehead atoms. The van der Waals surface area contributed by atoms with Crippen molar-refractivity contribution in [2.45, 2.75) is 84.2 Å². The molecule has 1 fully saturated rings. The Kier molecular flexibility index (Phi) is 9.32. The highest BCUT2D eigenvalue weighted by Crippen LogP contribution is 2.35. The van der Waals surface area contributed by atoms with Crippen molar-refractivity contribution in [3.63, 3.8) is 0 Å². The predicted octanol–water partition coefficient (Wildman–Crippen LogP) is 3.93. The minimum atomic E-state index is -1.25. The van der Waals surface area contributed by atoms with Gasteiger partial charge >= 0.3 is 6.09 Å². The average Bonchev–Trinajstić information content (AvgIpc) is 2.81. The zero-order chi connectivity index (χ0) is 27.2. The normalized spacial score (nSPS) is 15.2. The van der Waals surface area contributed by atoms with E-state index >= 15 is 0 Å². The van der Waals surface area contributed by atoms with Crippen molar-refractivity contribution in [2.24, 2.45) is 0 Å². The van der Waals surface area contributed by atoms with Gasteiger partial charge in [-0.2, -0.15) is 0 Å². The summed E-state index contributed by atoms with van der Waals surface area (Å²) in [5, 5.41) is 15.6. The molecule has 0 saturated heterocycles. The topological polar surface area (TPSA) is 108 Å². The summed E-state index contributed by atoms with van der Waals surface area (Å²) >= 11 is 0. The van der Waals surface area contributed by atoms with Gasteiger partial charge in [-0.25, -0.2) is 4.79 Å². The quantitative estimate of drug-likeness (QED) is 0.475. The highest BCUT2D eigenvalue weighted by atomic mass is 16.6. The number of aryl methyl sites for hydroxylation is 1. The van der Waals surface area contributed by atoms with Crippen LogP contribution in [0, 0.1) is 13.8 Å². The highest BCUT2D eigenvalue weighted by molar-refractivity contribution is 5.92.